The van der Waals surface area contributed by atoms with E-state index in [0.29, 0.717) is 48.5 Å². The quantitative estimate of drug-likeness (QED) is 0.669. The summed E-state index contributed by atoms with van der Waals surface area (Å²) in [7, 11) is 1.58. The molecule has 0 bridgehead atoms. The van der Waals surface area contributed by atoms with Crippen LogP contribution in [0.1, 0.15) is 35.2 Å². The van der Waals surface area contributed by atoms with E-state index in [0.717, 1.165) is 0 Å². The number of ether oxygens (including phenoxy) is 1. The number of ketones is 1. The molecule has 2 amide bonds. The summed E-state index contributed by atoms with van der Waals surface area (Å²) in [6.45, 7) is 2.91. The van der Waals surface area contributed by atoms with Gasteiger partial charge in [-0.2, -0.15) is 0 Å². The third-order valence-electron chi connectivity index (χ3n) is 6.49. The lowest BCUT2D eigenvalue weighted by Crippen LogP contribution is -2.43. The lowest BCUT2D eigenvalue weighted by molar-refractivity contribution is -0.137. The van der Waals surface area contributed by atoms with Gasteiger partial charge in [-0.05, 0) is 61.7 Å². The Labute approximate surface area is 187 Å². The van der Waals surface area contributed by atoms with Gasteiger partial charge in [0, 0.05) is 43.2 Å². The van der Waals surface area contributed by atoms with E-state index in [9.17, 15) is 18.8 Å². The second-order valence-corrected chi connectivity index (χ2v) is 8.53. The summed E-state index contributed by atoms with van der Waals surface area (Å²) >= 11 is 0. The number of carbonyl (C=O) groups excluding carboxylic acids is 3. The minimum absolute atomic E-state index is 0.0659. The predicted octanol–water partition coefficient (Wildman–Crippen LogP) is 3.62. The minimum atomic E-state index is -0.444. The summed E-state index contributed by atoms with van der Waals surface area (Å²) in [5.41, 5.74) is 1.65. The Kier molecular flexibility index (Phi) is 6.26. The highest BCUT2D eigenvalue weighted by molar-refractivity contribution is 6.00. The van der Waals surface area contributed by atoms with Gasteiger partial charge in [0.25, 0.3) is 0 Å². The standard InChI is InChI=1S/C25H27FN2O4/c1-16-3-6-20(14-22(16)26)28-15-19(13-23(28)29)25(31)27-11-9-18(10-12-27)24(30)17-4-7-21(32-2)8-5-17/h3-8,14,18-19H,9-13,15H2,1-2H3/t19-/m1/s1. The van der Waals surface area contributed by atoms with Gasteiger partial charge in [0.05, 0.1) is 13.0 Å². The van der Waals surface area contributed by atoms with E-state index in [1.165, 1.54) is 11.0 Å². The first kappa shape index (κ1) is 22.0. The van der Waals surface area contributed by atoms with Crippen molar-refractivity contribution in [2.45, 2.75) is 26.2 Å². The number of anilines is 1. The number of likely N-dealkylation sites (tertiary alicyclic amines) is 1. The summed E-state index contributed by atoms with van der Waals surface area (Å²) in [6, 6.07) is 11.8. The number of Topliss-reactive ketones (excluding diaryl/α,β-unsaturated/α-hetero) is 1. The third-order valence-corrected chi connectivity index (χ3v) is 6.49. The molecule has 0 N–H and O–H groups in total. The first-order valence-corrected chi connectivity index (χ1v) is 10.9. The summed E-state index contributed by atoms with van der Waals surface area (Å²) in [4.78, 5) is 41.6. The van der Waals surface area contributed by atoms with Crippen molar-refractivity contribution in [1.29, 1.82) is 0 Å². The monoisotopic (exact) mass is 438 g/mol. The van der Waals surface area contributed by atoms with Gasteiger partial charge in [0.2, 0.25) is 11.8 Å². The fourth-order valence-electron chi connectivity index (χ4n) is 4.48. The van der Waals surface area contributed by atoms with Crippen LogP contribution in [0.2, 0.25) is 0 Å². The normalized spacial score (nSPS) is 19.3. The van der Waals surface area contributed by atoms with E-state index in [-0.39, 0.29) is 42.3 Å². The summed E-state index contributed by atoms with van der Waals surface area (Å²) in [5, 5.41) is 0. The van der Waals surface area contributed by atoms with Crippen molar-refractivity contribution < 1.29 is 23.5 Å². The Morgan fingerprint density at radius 1 is 1.03 bits per heavy atom. The molecule has 2 heterocycles. The van der Waals surface area contributed by atoms with Crippen LogP contribution in [0.3, 0.4) is 0 Å². The average molecular weight is 438 g/mol. The Bertz CT molecular complexity index is 1030. The second-order valence-electron chi connectivity index (χ2n) is 8.53. The van der Waals surface area contributed by atoms with Crippen LogP contribution in [-0.2, 0) is 9.59 Å². The molecule has 2 aliphatic heterocycles. The van der Waals surface area contributed by atoms with E-state index >= 15 is 0 Å². The van der Waals surface area contributed by atoms with Gasteiger partial charge in [0.15, 0.2) is 5.78 Å². The average Bonchev–Trinajstić information content (AvgIpc) is 3.21. The molecule has 1 atom stereocenters. The van der Waals surface area contributed by atoms with Crippen molar-refractivity contribution in [2.24, 2.45) is 11.8 Å². The molecule has 4 rings (SSSR count). The molecule has 0 aliphatic carbocycles. The van der Waals surface area contributed by atoms with E-state index in [1.807, 2.05) is 0 Å². The minimum Gasteiger partial charge on any atom is -0.497 e. The fourth-order valence-corrected chi connectivity index (χ4v) is 4.48. The third kappa shape index (κ3) is 4.38. The summed E-state index contributed by atoms with van der Waals surface area (Å²) in [5.74, 6) is -0.377. The van der Waals surface area contributed by atoms with Crippen molar-refractivity contribution in [3.05, 3.63) is 59.4 Å². The maximum Gasteiger partial charge on any atom is 0.228 e. The van der Waals surface area contributed by atoms with Crippen LogP contribution >= 0.6 is 0 Å². The maximum atomic E-state index is 13.9. The molecule has 2 aromatic rings. The van der Waals surface area contributed by atoms with Crippen molar-refractivity contribution in [3.63, 3.8) is 0 Å². The number of hydrogen-bond acceptors (Lipinski definition) is 4. The fraction of sp³-hybridized carbons (Fsp3) is 0.400. The molecule has 32 heavy (non-hydrogen) atoms. The number of methoxy groups -OCH3 is 1. The van der Waals surface area contributed by atoms with Crippen molar-refractivity contribution >= 4 is 23.3 Å². The number of nitrogens with zero attached hydrogens (tertiary/aromatic N) is 2. The van der Waals surface area contributed by atoms with Gasteiger partial charge in [-0.25, -0.2) is 4.39 Å². The van der Waals surface area contributed by atoms with Crippen LogP contribution in [0.15, 0.2) is 42.5 Å². The largest absolute Gasteiger partial charge is 0.497 e. The van der Waals surface area contributed by atoms with Gasteiger partial charge in [-0.3, -0.25) is 14.4 Å². The van der Waals surface area contributed by atoms with Gasteiger partial charge < -0.3 is 14.5 Å². The number of aryl methyl sites for hydroxylation is 1. The molecule has 2 saturated heterocycles. The van der Waals surface area contributed by atoms with Crippen LogP contribution in [0, 0.1) is 24.6 Å². The maximum absolute atomic E-state index is 13.9. The zero-order chi connectivity index (χ0) is 22.8. The van der Waals surface area contributed by atoms with Crippen molar-refractivity contribution in [2.75, 3.05) is 31.6 Å². The Morgan fingerprint density at radius 3 is 2.34 bits per heavy atom. The highest BCUT2D eigenvalue weighted by Gasteiger charge is 2.38. The van der Waals surface area contributed by atoms with E-state index in [2.05, 4.69) is 0 Å². The van der Waals surface area contributed by atoms with Crippen molar-refractivity contribution in [1.82, 2.24) is 4.90 Å². The number of hydrogen-bond donors (Lipinski definition) is 0. The summed E-state index contributed by atoms with van der Waals surface area (Å²) in [6.07, 6.45) is 1.33. The van der Waals surface area contributed by atoms with Crippen LogP contribution in [0.5, 0.6) is 5.75 Å². The van der Waals surface area contributed by atoms with Crippen LogP contribution in [-0.4, -0.2) is 49.2 Å². The zero-order valence-corrected chi connectivity index (χ0v) is 18.3. The molecule has 6 nitrogen and oxygen atoms in total. The number of carbonyl (C=O) groups is 3. The summed E-state index contributed by atoms with van der Waals surface area (Å²) < 4.78 is 19.1. The van der Waals surface area contributed by atoms with Crippen LogP contribution < -0.4 is 9.64 Å². The molecule has 2 fully saturated rings. The SMILES string of the molecule is COc1ccc(C(=O)C2CCN(C(=O)[C@@H]3CC(=O)N(c4ccc(C)c(F)c4)C3)CC2)cc1. The second kappa shape index (κ2) is 9.10. The molecule has 0 radical (unpaired) electrons. The van der Waals surface area contributed by atoms with Gasteiger partial charge in [-0.1, -0.05) is 6.07 Å². The highest BCUT2D eigenvalue weighted by atomic mass is 19.1. The van der Waals surface area contributed by atoms with E-state index in [1.54, 1.807) is 55.3 Å². The molecular formula is C25H27FN2O4. The van der Waals surface area contributed by atoms with Crippen LogP contribution in [0.4, 0.5) is 10.1 Å². The highest BCUT2D eigenvalue weighted by Crippen LogP contribution is 2.30. The topological polar surface area (TPSA) is 66.9 Å². The molecule has 0 spiro atoms. The number of amides is 2. The Balaban J connectivity index is 1.34. The Morgan fingerprint density at radius 2 is 1.72 bits per heavy atom. The first-order valence-electron chi connectivity index (χ1n) is 10.9. The van der Waals surface area contributed by atoms with E-state index in [4.69, 9.17) is 4.74 Å². The van der Waals surface area contributed by atoms with Gasteiger partial charge >= 0.3 is 0 Å². The zero-order valence-electron chi connectivity index (χ0n) is 18.3. The molecule has 0 aromatic heterocycles. The molecule has 2 aromatic carbocycles. The lowest BCUT2D eigenvalue weighted by atomic mass is 9.88. The molecule has 7 heteroatoms. The van der Waals surface area contributed by atoms with E-state index < -0.39 is 5.92 Å². The number of halogens is 1. The van der Waals surface area contributed by atoms with Gasteiger partial charge in [0.1, 0.15) is 11.6 Å². The Hall–Kier alpha value is -3.22. The number of rotatable bonds is 5. The van der Waals surface area contributed by atoms with Gasteiger partial charge in [-0.15, -0.1) is 0 Å². The number of benzene rings is 2. The molecule has 0 saturated carbocycles. The predicted molar refractivity (Wildman–Crippen MR) is 118 cm³/mol. The van der Waals surface area contributed by atoms with Crippen molar-refractivity contribution in [3.8, 4) is 5.75 Å². The smallest absolute Gasteiger partial charge is 0.228 e. The van der Waals surface area contributed by atoms with Crippen LogP contribution in [0.25, 0.3) is 0 Å². The number of piperidine rings is 1. The molecule has 168 valence electrons. The molecule has 2 aliphatic rings. The lowest BCUT2D eigenvalue weighted by Gasteiger charge is -2.33. The molecular weight excluding hydrogens is 411 g/mol. The molecule has 0 unspecified atom stereocenters. The first-order chi connectivity index (χ1) is 15.4.